The van der Waals surface area contributed by atoms with Gasteiger partial charge in [-0.25, -0.2) is 0 Å². The fraction of sp³-hybridized carbons (Fsp3) is 0.167. The van der Waals surface area contributed by atoms with Gasteiger partial charge in [0.05, 0.1) is 9.89 Å². The average Bonchev–Trinajstić information content (AvgIpc) is 2.68. The first kappa shape index (κ1) is 13.7. The van der Waals surface area contributed by atoms with E-state index in [1.54, 1.807) is 11.3 Å². The third kappa shape index (κ3) is 3.64. The first-order valence-electron chi connectivity index (χ1n) is 4.93. The summed E-state index contributed by atoms with van der Waals surface area (Å²) in [6.07, 6.45) is 0.176. The highest BCUT2D eigenvalue weighted by atomic mass is 79.9. The molecule has 2 aromatic rings. The average molecular weight is 441 g/mol. The number of benzene rings is 1. The van der Waals surface area contributed by atoms with E-state index in [1.165, 1.54) is 4.88 Å². The van der Waals surface area contributed by atoms with E-state index in [0.717, 1.165) is 18.3 Å². The van der Waals surface area contributed by atoms with Crippen LogP contribution in [0, 0.1) is 0 Å². The first-order chi connectivity index (χ1) is 8.06. The zero-order valence-corrected chi connectivity index (χ0v) is 14.2. The van der Waals surface area contributed by atoms with Crippen LogP contribution in [0.1, 0.15) is 16.5 Å². The van der Waals surface area contributed by atoms with Crippen LogP contribution >= 0.6 is 59.1 Å². The molecule has 0 saturated carbocycles. The van der Waals surface area contributed by atoms with E-state index in [-0.39, 0.29) is 0 Å². The summed E-state index contributed by atoms with van der Waals surface area (Å²) in [5.74, 6) is 0. The molecule has 90 valence electrons. The molecular weight excluding hydrogens is 432 g/mol. The second-order valence-corrected chi connectivity index (χ2v) is 7.86. The molecule has 1 aromatic carbocycles. The molecule has 2 rings (SSSR count). The summed E-state index contributed by atoms with van der Waals surface area (Å²) in [5.41, 5.74) is 0.921. The van der Waals surface area contributed by atoms with E-state index in [2.05, 4.69) is 47.8 Å². The van der Waals surface area contributed by atoms with E-state index in [0.29, 0.717) is 6.42 Å². The maximum atomic E-state index is 10.2. The molecule has 0 spiro atoms. The molecule has 0 aliphatic rings. The highest BCUT2D eigenvalue weighted by molar-refractivity contribution is 9.13. The zero-order chi connectivity index (χ0) is 12.4. The van der Waals surface area contributed by atoms with Crippen molar-refractivity contribution >= 4 is 59.1 Å². The summed E-state index contributed by atoms with van der Waals surface area (Å²) in [5, 5.41) is 10.2. The van der Waals surface area contributed by atoms with Crippen LogP contribution in [0.25, 0.3) is 0 Å². The molecule has 17 heavy (non-hydrogen) atoms. The van der Waals surface area contributed by atoms with Gasteiger partial charge in [0.2, 0.25) is 0 Å². The van der Waals surface area contributed by atoms with Gasteiger partial charge in [0.25, 0.3) is 0 Å². The number of halogens is 3. The van der Waals surface area contributed by atoms with Crippen LogP contribution in [-0.4, -0.2) is 5.11 Å². The Kier molecular flexibility index (Phi) is 4.83. The highest BCUT2D eigenvalue weighted by Gasteiger charge is 2.11. The molecule has 5 heteroatoms. The van der Waals surface area contributed by atoms with Gasteiger partial charge in [-0.05, 0) is 77.6 Å². The lowest BCUT2D eigenvalue weighted by Crippen LogP contribution is -2.00. The molecule has 0 amide bonds. The van der Waals surface area contributed by atoms with Gasteiger partial charge in [-0.15, -0.1) is 11.3 Å². The number of rotatable bonds is 3. The fourth-order valence-corrected chi connectivity index (χ4v) is 3.65. The summed E-state index contributed by atoms with van der Waals surface area (Å²) < 4.78 is 3.05. The summed E-state index contributed by atoms with van der Waals surface area (Å²) in [7, 11) is 0. The Morgan fingerprint density at radius 2 is 1.82 bits per heavy atom. The largest absolute Gasteiger partial charge is 0.388 e. The van der Waals surface area contributed by atoms with Crippen LogP contribution in [0.5, 0.6) is 0 Å². The van der Waals surface area contributed by atoms with Crippen molar-refractivity contribution in [3.05, 3.63) is 53.5 Å². The topological polar surface area (TPSA) is 20.2 Å². The predicted octanol–water partition coefficient (Wildman–Crippen LogP) is 5.31. The van der Waals surface area contributed by atoms with Crippen molar-refractivity contribution in [3.8, 4) is 0 Å². The van der Waals surface area contributed by atoms with Crippen molar-refractivity contribution in [3.63, 3.8) is 0 Å². The van der Waals surface area contributed by atoms with Crippen LogP contribution < -0.4 is 0 Å². The van der Waals surface area contributed by atoms with Crippen molar-refractivity contribution in [2.24, 2.45) is 0 Å². The lowest BCUT2D eigenvalue weighted by atomic mass is 10.1. The summed E-state index contributed by atoms with van der Waals surface area (Å²) in [4.78, 5) is 1.17. The van der Waals surface area contributed by atoms with Crippen LogP contribution in [-0.2, 0) is 6.42 Å². The molecule has 1 atom stereocenters. The molecule has 0 fully saturated rings. The maximum absolute atomic E-state index is 10.2. The minimum absolute atomic E-state index is 0.468. The molecular formula is C12H9Br3OS. The van der Waals surface area contributed by atoms with Gasteiger partial charge in [0, 0.05) is 20.2 Å². The van der Waals surface area contributed by atoms with Crippen LogP contribution in [0.4, 0.5) is 0 Å². The predicted molar refractivity (Wildman–Crippen MR) is 82.5 cm³/mol. The monoisotopic (exact) mass is 438 g/mol. The van der Waals surface area contributed by atoms with Crippen molar-refractivity contribution in [1.29, 1.82) is 0 Å². The molecule has 1 heterocycles. The van der Waals surface area contributed by atoms with E-state index < -0.39 is 6.10 Å². The minimum Gasteiger partial charge on any atom is -0.388 e. The minimum atomic E-state index is -0.468. The van der Waals surface area contributed by atoms with Crippen LogP contribution in [0.15, 0.2) is 43.1 Å². The van der Waals surface area contributed by atoms with Gasteiger partial charge in [-0.1, -0.05) is 6.07 Å². The zero-order valence-electron chi connectivity index (χ0n) is 8.66. The third-order valence-corrected chi connectivity index (χ3v) is 5.88. The van der Waals surface area contributed by atoms with Gasteiger partial charge in [-0.2, -0.15) is 0 Å². The fourth-order valence-electron chi connectivity index (χ4n) is 1.49. The van der Waals surface area contributed by atoms with Crippen molar-refractivity contribution in [2.75, 3.05) is 0 Å². The second kappa shape index (κ2) is 5.97. The smallest absolute Gasteiger partial charge is 0.0838 e. The van der Waals surface area contributed by atoms with E-state index >= 15 is 0 Å². The Morgan fingerprint density at radius 3 is 2.41 bits per heavy atom. The molecule has 0 aliphatic heterocycles. The number of hydrogen-bond donors (Lipinski definition) is 1. The van der Waals surface area contributed by atoms with Gasteiger partial charge in [0.1, 0.15) is 0 Å². The molecule has 0 aliphatic carbocycles. The third-order valence-electron chi connectivity index (χ3n) is 2.35. The van der Waals surface area contributed by atoms with E-state index in [1.807, 2.05) is 30.3 Å². The molecule has 1 nitrogen and oxygen atoms in total. The Labute approximate surface area is 129 Å². The molecule has 0 saturated heterocycles. The van der Waals surface area contributed by atoms with Gasteiger partial charge >= 0.3 is 0 Å². The van der Waals surface area contributed by atoms with Crippen molar-refractivity contribution in [1.82, 2.24) is 0 Å². The van der Waals surface area contributed by atoms with Gasteiger partial charge < -0.3 is 5.11 Å². The lowest BCUT2D eigenvalue weighted by Gasteiger charge is -2.10. The molecule has 1 unspecified atom stereocenters. The lowest BCUT2D eigenvalue weighted by molar-refractivity contribution is 0.179. The standard InChI is InChI=1S/C12H9Br3OS/c13-9-3-1-7(5-10(9)14)11(16)6-8-2-4-12(15)17-8/h1-5,11,16H,6H2. The summed E-state index contributed by atoms with van der Waals surface area (Å²) in [6, 6.07) is 9.85. The Balaban J connectivity index is 2.14. The first-order valence-corrected chi connectivity index (χ1v) is 8.13. The molecule has 0 radical (unpaired) electrons. The quantitative estimate of drug-likeness (QED) is 0.685. The van der Waals surface area contributed by atoms with E-state index in [4.69, 9.17) is 0 Å². The molecule has 1 N–H and O–H groups in total. The van der Waals surface area contributed by atoms with Gasteiger partial charge in [-0.3, -0.25) is 0 Å². The normalized spacial score (nSPS) is 12.7. The summed E-state index contributed by atoms with van der Waals surface area (Å²) >= 11 is 11.9. The van der Waals surface area contributed by atoms with Crippen LogP contribution in [0.3, 0.4) is 0 Å². The Hall–Kier alpha value is 0.320. The number of aliphatic hydroxyl groups is 1. The number of hydrogen-bond acceptors (Lipinski definition) is 2. The van der Waals surface area contributed by atoms with Crippen LogP contribution in [0.2, 0.25) is 0 Å². The highest BCUT2D eigenvalue weighted by Crippen LogP contribution is 2.30. The number of aliphatic hydroxyl groups excluding tert-OH is 1. The molecule has 1 aromatic heterocycles. The number of thiophene rings is 1. The SMILES string of the molecule is OC(Cc1ccc(Br)s1)c1ccc(Br)c(Br)c1. The maximum Gasteiger partial charge on any atom is 0.0838 e. The van der Waals surface area contributed by atoms with Gasteiger partial charge in [0.15, 0.2) is 0 Å². The van der Waals surface area contributed by atoms with Crippen molar-refractivity contribution < 1.29 is 5.11 Å². The van der Waals surface area contributed by atoms with E-state index in [9.17, 15) is 5.11 Å². The Bertz CT molecular complexity index is 524. The second-order valence-electron chi connectivity index (χ2n) is 3.60. The van der Waals surface area contributed by atoms with Crippen molar-refractivity contribution in [2.45, 2.75) is 12.5 Å². The Morgan fingerprint density at radius 1 is 1.06 bits per heavy atom. The molecule has 0 bridgehead atoms. The summed E-state index contributed by atoms with van der Waals surface area (Å²) in [6.45, 7) is 0.